The highest BCUT2D eigenvalue weighted by Crippen LogP contribution is 2.45. The van der Waals surface area contributed by atoms with Gasteiger partial charge in [-0.05, 0) is 91.1 Å². The molecular formula is C36H37FN2O4S2. The third-order valence-corrected chi connectivity index (χ3v) is 10.4. The average molecular weight is 645 g/mol. The van der Waals surface area contributed by atoms with E-state index in [9.17, 15) is 18.8 Å². The number of thiophene rings is 1. The second kappa shape index (κ2) is 14.0. The van der Waals surface area contributed by atoms with Crippen molar-refractivity contribution in [1.82, 2.24) is 0 Å². The highest BCUT2D eigenvalue weighted by atomic mass is 32.2. The van der Waals surface area contributed by atoms with Gasteiger partial charge in [0.2, 0.25) is 5.91 Å². The molecule has 6 nitrogen and oxygen atoms in total. The summed E-state index contributed by atoms with van der Waals surface area (Å²) in [5, 5.41) is 5.84. The van der Waals surface area contributed by atoms with Crippen molar-refractivity contribution in [1.29, 1.82) is 0 Å². The number of hydrogen-bond donors (Lipinski definition) is 2. The minimum absolute atomic E-state index is 0.136. The van der Waals surface area contributed by atoms with Crippen molar-refractivity contribution in [3.8, 4) is 0 Å². The number of carbonyl (C=O) groups is 3. The van der Waals surface area contributed by atoms with Gasteiger partial charge in [0.25, 0.3) is 5.91 Å². The molecule has 0 saturated carbocycles. The van der Waals surface area contributed by atoms with Gasteiger partial charge in [-0.2, -0.15) is 0 Å². The van der Waals surface area contributed by atoms with Crippen LogP contribution in [0.15, 0.2) is 83.8 Å². The van der Waals surface area contributed by atoms with Crippen LogP contribution in [0.25, 0.3) is 0 Å². The summed E-state index contributed by atoms with van der Waals surface area (Å²) in [6, 6.07) is 22.0. The van der Waals surface area contributed by atoms with E-state index in [2.05, 4.69) is 31.4 Å². The molecule has 0 saturated heterocycles. The molecule has 5 rings (SSSR count). The third kappa shape index (κ3) is 7.83. The molecule has 9 heteroatoms. The van der Waals surface area contributed by atoms with Gasteiger partial charge in [0, 0.05) is 21.0 Å². The molecule has 1 aliphatic carbocycles. The summed E-state index contributed by atoms with van der Waals surface area (Å²) in [6.45, 7) is 8.77. The van der Waals surface area contributed by atoms with Crippen LogP contribution in [-0.2, 0) is 22.4 Å². The fourth-order valence-corrected chi connectivity index (χ4v) is 7.90. The van der Waals surface area contributed by atoms with Crippen LogP contribution in [0.1, 0.15) is 76.1 Å². The van der Waals surface area contributed by atoms with E-state index in [-0.39, 0.29) is 23.8 Å². The fourth-order valence-electron chi connectivity index (χ4n) is 5.50. The van der Waals surface area contributed by atoms with Crippen molar-refractivity contribution in [2.75, 3.05) is 17.2 Å². The van der Waals surface area contributed by atoms with Gasteiger partial charge in [0.05, 0.1) is 12.2 Å². The lowest BCUT2D eigenvalue weighted by Gasteiger charge is -2.33. The largest absolute Gasteiger partial charge is 0.462 e. The Morgan fingerprint density at radius 2 is 1.73 bits per heavy atom. The topological polar surface area (TPSA) is 84.5 Å². The predicted octanol–water partition coefficient (Wildman–Crippen LogP) is 8.94. The van der Waals surface area contributed by atoms with Gasteiger partial charge in [-0.3, -0.25) is 9.59 Å². The number of carbonyl (C=O) groups excluding carboxylic acids is 3. The van der Waals surface area contributed by atoms with Crippen LogP contribution in [0, 0.1) is 17.2 Å². The molecule has 0 radical (unpaired) electrons. The van der Waals surface area contributed by atoms with Crippen LogP contribution in [0.5, 0.6) is 0 Å². The molecule has 1 aromatic heterocycles. The summed E-state index contributed by atoms with van der Waals surface area (Å²) in [6.07, 6.45) is 2.60. The van der Waals surface area contributed by atoms with Crippen molar-refractivity contribution in [2.45, 2.75) is 57.1 Å². The first-order chi connectivity index (χ1) is 21.5. The minimum atomic E-state index is -0.647. The number of nitrogens with one attached hydrogen (secondary N) is 2. The lowest BCUT2D eigenvalue weighted by atomic mass is 9.72. The number of rotatable bonds is 9. The maximum absolute atomic E-state index is 14.1. The van der Waals surface area contributed by atoms with Gasteiger partial charge < -0.3 is 15.4 Å². The maximum atomic E-state index is 14.1. The van der Waals surface area contributed by atoms with Gasteiger partial charge in [-0.25, -0.2) is 9.18 Å². The van der Waals surface area contributed by atoms with Gasteiger partial charge in [-0.15, -0.1) is 23.1 Å². The SMILES string of the molecule is CCOC(=O)c1c(NC(=O)C(Sc2cccc(NC(=O)c3ccc(F)cc3)c2)c2ccccc2)sc2c1CCC(C(C)(C)C)C2. The van der Waals surface area contributed by atoms with Gasteiger partial charge in [-0.1, -0.05) is 57.2 Å². The summed E-state index contributed by atoms with van der Waals surface area (Å²) in [7, 11) is 0. The summed E-state index contributed by atoms with van der Waals surface area (Å²) in [5.74, 6) is -0.972. The molecule has 2 atom stereocenters. The van der Waals surface area contributed by atoms with Crippen molar-refractivity contribution in [2.24, 2.45) is 11.3 Å². The van der Waals surface area contributed by atoms with E-state index in [0.717, 1.165) is 40.2 Å². The van der Waals surface area contributed by atoms with E-state index >= 15 is 0 Å². The number of thioether (sulfide) groups is 1. The van der Waals surface area contributed by atoms with Gasteiger partial charge >= 0.3 is 5.97 Å². The zero-order chi connectivity index (χ0) is 32.1. The van der Waals surface area contributed by atoms with Crippen LogP contribution >= 0.6 is 23.1 Å². The first-order valence-corrected chi connectivity index (χ1v) is 16.7. The number of hydrogen-bond acceptors (Lipinski definition) is 6. The third-order valence-electron chi connectivity index (χ3n) is 8.00. The Balaban J connectivity index is 1.41. The highest BCUT2D eigenvalue weighted by Gasteiger charge is 2.35. The predicted molar refractivity (Wildman–Crippen MR) is 180 cm³/mol. The average Bonchev–Trinajstić information content (AvgIpc) is 3.37. The molecule has 234 valence electrons. The number of esters is 1. The second-order valence-electron chi connectivity index (χ2n) is 12.1. The molecule has 4 aromatic rings. The molecule has 45 heavy (non-hydrogen) atoms. The number of ether oxygens (including phenoxy) is 1. The Morgan fingerprint density at radius 1 is 1.00 bits per heavy atom. The van der Waals surface area contributed by atoms with Gasteiger partial charge in [0.1, 0.15) is 16.1 Å². The minimum Gasteiger partial charge on any atom is -0.462 e. The van der Waals surface area contributed by atoms with Crippen LogP contribution in [0.2, 0.25) is 0 Å². The molecule has 0 fully saturated rings. The zero-order valence-electron chi connectivity index (χ0n) is 25.8. The van der Waals surface area contributed by atoms with Crippen molar-refractivity contribution < 1.29 is 23.5 Å². The Kier molecular flexibility index (Phi) is 10.1. The molecule has 0 bridgehead atoms. The molecule has 3 aromatic carbocycles. The van der Waals surface area contributed by atoms with E-state index in [4.69, 9.17) is 4.74 Å². The summed E-state index contributed by atoms with van der Waals surface area (Å²) in [5.41, 5.74) is 3.28. The molecule has 0 spiro atoms. The first kappa shape index (κ1) is 32.4. The number of benzene rings is 3. The normalized spacial score (nSPS) is 15.1. The van der Waals surface area contributed by atoms with E-state index in [1.165, 1.54) is 47.4 Å². The Hall–Kier alpha value is -3.95. The van der Waals surface area contributed by atoms with Crippen molar-refractivity contribution in [3.63, 3.8) is 0 Å². The molecule has 2 unspecified atom stereocenters. The maximum Gasteiger partial charge on any atom is 0.341 e. The number of halogens is 1. The molecule has 1 heterocycles. The number of amides is 2. The molecular weight excluding hydrogens is 608 g/mol. The Labute approximate surface area is 271 Å². The lowest BCUT2D eigenvalue weighted by molar-refractivity contribution is -0.115. The van der Waals surface area contributed by atoms with Crippen LogP contribution in [0.4, 0.5) is 15.1 Å². The molecule has 1 aliphatic rings. The zero-order valence-corrected chi connectivity index (χ0v) is 27.4. The van der Waals surface area contributed by atoms with E-state index in [1.54, 1.807) is 25.1 Å². The van der Waals surface area contributed by atoms with Crippen LogP contribution in [0.3, 0.4) is 0 Å². The summed E-state index contributed by atoms with van der Waals surface area (Å²) in [4.78, 5) is 41.9. The van der Waals surface area contributed by atoms with Crippen LogP contribution in [-0.4, -0.2) is 24.4 Å². The fraction of sp³-hybridized carbons (Fsp3) is 0.306. The van der Waals surface area contributed by atoms with E-state index < -0.39 is 17.0 Å². The van der Waals surface area contributed by atoms with E-state index in [1.807, 2.05) is 36.4 Å². The second-order valence-corrected chi connectivity index (χ2v) is 14.4. The summed E-state index contributed by atoms with van der Waals surface area (Å²) < 4.78 is 18.8. The number of anilines is 2. The van der Waals surface area contributed by atoms with E-state index in [0.29, 0.717) is 27.7 Å². The standard InChI is InChI=1S/C36H37FN2O4S2/c1-5-43-35(42)30-28-19-16-24(36(2,3)4)20-29(28)45-34(30)39-33(41)31(22-10-7-6-8-11-22)44-27-13-9-12-26(21-27)38-32(40)23-14-17-25(37)18-15-23/h6-15,17-18,21,24,31H,5,16,19-20H2,1-4H3,(H,38,40)(H,39,41). The Bertz CT molecular complexity index is 1680. The molecule has 2 N–H and O–H groups in total. The van der Waals surface area contributed by atoms with Gasteiger partial charge in [0.15, 0.2) is 0 Å². The Morgan fingerprint density at radius 3 is 2.42 bits per heavy atom. The molecule has 0 aliphatic heterocycles. The smallest absolute Gasteiger partial charge is 0.341 e. The van der Waals surface area contributed by atoms with Crippen LogP contribution < -0.4 is 10.6 Å². The lowest BCUT2D eigenvalue weighted by Crippen LogP contribution is -2.26. The molecule has 2 amide bonds. The van der Waals surface area contributed by atoms with Crippen molar-refractivity contribution in [3.05, 3.63) is 112 Å². The highest BCUT2D eigenvalue weighted by molar-refractivity contribution is 8.00. The number of fused-ring (bicyclic) bond motifs is 1. The summed E-state index contributed by atoms with van der Waals surface area (Å²) >= 11 is 2.83. The van der Waals surface area contributed by atoms with Crippen molar-refractivity contribution >= 4 is 51.6 Å². The first-order valence-electron chi connectivity index (χ1n) is 15.0. The monoisotopic (exact) mass is 644 g/mol. The quantitative estimate of drug-likeness (QED) is 0.140.